The van der Waals surface area contributed by atoms with Gasteiger partial charge in [-0.2, -0.15) is 4.31 Å². The van der Waals surface area contributed by atoms with E-state index >= 15 is 0 Å². The van der Waals surface area contributed by atoms with E-state index in [0.717, 1.165) is 0 Å². The summed E-state index contributed by atoms with van der Waals surface area (Å²) in [4.78, 5) is 0.252. The van der Waals surface area contributed by atoms with E-state index in [2.05, 4.69) is 5.32 Å². The predicted molar refractivity (Wildman–Crippen MR) is 59.2 cm³/mol. The van der Waals surface area contributed by atoms with Gasteiger partial charge in [0.25, 0.3) is 0 Å². The van der Waals surface area contributed by atoms with Crippen LogP contribution in [0.4, 0.5) is 11.4 Å². The van der Waals surface area contributed by atoms with Gasteiger partial charge in [-0.25, -0.2) is 8.42 Å². The summed E-state index contributed by atoms with van der Waals surface area (Å²) in [6.07, 6.45) is 0. The molecule has 0 atom stereocenters. The second-order valence-corrected chi connectivity index (χ2v) is 5.52. The highest BCUT2D eigenvalue weighted by Gasteiger charge is 2.26. The number of sulfonamides is 1. The van der Waals surface area contributed by atoms with Crippen LogP contribution in [0.2, 0.25) is 0 Å². The van der Waals surface area contributed by atoms with E-state index in [1.54, 1.807) is 19.2 Å². The summed E-state index contributed by atoms with van der Waals surface area (Å²) in [5.41, 5.74) is 6.66. The first-order valence-corrected chi connectivity index (χ1v) is 6.05. The third-order valence-corrected chi connectivity index (χ3v) is 4.33. The molecule has 1 aliphatic heterocycles. The topological polar surface area (TPSA) is 75.4 Å². The first-order chi connectivity index (χ1) is 7.01. The largest absolute Gasteiger partial charge is 0.399 e. The number of hydrogen-bond acceptors (Lipinski definition) is 4. The van der Waals surface area contributed by atoms with Gasteiger partial charge in [-0.1, -0.05) is 0 Å². The van der Waals surface area contributed by atoms with Gasteiger partial charge < -0.3 is 11.1 Å². The second-order valence-electron chi connectivity index (χ2n) is 3.51. The lowest BCUT2D eigenvalue weighted by Gasteiger charge is -2.13. The van der Waals surface area contributed by atoms with Crippen molar-refractivity contribution in [1.82, 2.24) is 4.31 Å². The highest BCUT2D eigenvalue weighted by molar-refractivity contribution is 7.89. The molecule has 0 saturated carbocycles. The van der Waals surface area contributed by atoms with Crippen LogP contribution in [0, 0.1) is 0 Å². The fourth-order valence-corrected chi connectivity index (χ4v) is 2.91. The summed E-state index contributed by atoms with van der Waals surface area (Å²) < 4.78 is 25.3. The van der Waals surface area contributed by atoms with Crippen LogP contribution in [0.15, 0.2) is 23.1 Å². The van der Waals surface area contributed by atoms with Crippen LogP contribution in [-0.2, 0) is 10.0 Å². The van der Waals surface area contributed by atoms with Crippen molar-refractivity contribution >= 4 is 21.4 Å². The highest BCUT2D eigenvalue weighted by Crippen LogP contribution is 2.27. The molecule has 0 fully saturated rings. The van der Waals surface area contributed by atoms with Crippen molar-refractivity contribution in [3.05, 3.63) is 18.2 Å². The van der Waals surface area contributed by atoms with Gasteiger partial charge in [0.1, 0.15) is 4.90 Å². The molecule has 1 heterocycles. The molecule has 82 valence electrons. The van der Waals surface area contributed by atoms with Crippen molar-refractivity contribution in [3.63, 3.8) is 0 Å². The molecular formula is C9H13N3O2S. The normalized spacial score (nSPS) is 20.1. The number of nitrogens with one attached hydrogen (secondary N) is 1. The van der Waals surface area contributed by atoms with Crippen LogP contribution in [0.25, 0.3) is 0 Å². The number of hydrogen-bond donors (Lipinski definition) is 2. The van der Waals surface area contributed by atoms with Crippen LogP contribution < -0.4 is 11.1 Å². The molecule has 1 aromatic carbocycles. The van der Waals surface area contributed by atoms with Crippen molar-refractivity contribution in [1.29, 1.82) is 0 Å². The number of rotatable bonds is 0. The summed E-state index contributed by atoms with van der Waals surface area (Å²) in [6.45, 7) is 1.06. The number of nitrogens with two attached hydrogens (primary N) is 1. The maximum Gasteiger partial charge on any atom is 0.245 e. The number of anilines is 2. The molecule has 0 radical (unpaired) electrons. The molecule has 0 amide bonds. The van der Waals surface area contributed by atoms with Gasteiger partial charge >= 0.3 is 0 Å². The Bertz CT molecular complexity index is 484. The third kappa shape index (κ3) is 1.66. The molecule has 1 aliphatic rings. The number of nitrogen functional groups attached to an aromatic ring is 1. The minimum Gasteiger partial charge on any atom is -0.399 e. The molecule has 6 heteroatoms. The summed E-state index contributed by atoms with van der Waals surface area (Å²) in [5, 5.41) is 3.06. The van der Waals surface area contributed by atoms with E-state index in [9.17, 15) is 8.42 Å². The van der Waals surface area contributed by atoms with Crippen LogP contribution in [0.5, 0.6) is 0 Å². The Balaban J connectivity index is 2.66. The zero-order valence-corrected chi connectivity index (χ0v) is 9.21. The SMILES string of the molecule is CN1CCNc2ccc(N)cc2S1(=O)=O. The summed E-state index contributed by atoms with van der Waals surface area (Å²) in [6, 6.07) is 4.87. The molecule has 0 aromatic heterocycles. The average molecular weight is 227 g/mol. The van der Waals surface area contributed by atoms with Crippen LogP contribution >= 0.6 is 0 Å². The molecule has 15 heavy (non-hydrogen) atoms. The second kappa shape index (κ2) is 3.39. The molecule has 5 nitrogen and oxygen atoms in total. The molecule has 0 spiro atoms. The van der Waals surface area contributed by atoms with E-state index < -0.39 is 10.0 Å². The van der Waals surface area contributed by atoms with Crippen molar-refractivity contribution in [3.8, 4) is 0 Å². The molecule has 0 unspecified atom stereocenters. The average Bonchev–Trinajstić information content (AvgIpc) is 2.28. The molecule has 0 bridgehead atoms. The van der Waals surface area contributed by atoms with Gasteiger partial charge in [0.15, 0.2) is 0 Å². The first-order valence-electron chi connectivity index (χ1n) is 4.61. The van der Waals surface area contributed by atoms with Gasteiger partial charge in [-0.05, 0) is 18.2 Å². The van der Waals surface area contributed by atoms with E-state index in [0.29, 0.717) is 24.5 Å². The molecular weight excluding hydrogens is 214 g/mol. The Morgan fingerprint density at radius 3 is 2.93 bits per heavy atom. The quantitative estimate of drug-likeness (QED) is 0.626. The van der Waals surface area contributed by atoms with Gasteiger partial charge in [0, 0.05) is 25.8 Å². The smallest absolute Gasteiger partial charge is 0.245 e. The van der Waals surface area contributed by atoms with Gasteiger partial charge in [0.05, 0.1) is 5.69 Å². The van der Waals surface area contributed by atoms with Gasteiger partial charge in [0.2, 0.25) is 10.0 Å². The van der Waals surface area contributed by atoms with Crippen molar-refractivity contribution in [2.75, 3.05) is 31.2 Å². The highest BCUT2D eigenvalue weighted by atomic mass is 32.2. The minimum absolute atomic E-state index is 0.252. The molecule has 0 saturated heterocycles. The number of benzene rings is 1. The predicted octanol–water partition coefficient (Wildman–Crippen LogP) is 0.315. The summed E-state index contributed by atoms with van der Waals surface area (Å²) in [5.74, 6) is 0. The minimum atomic E-state index is -3.39. The maximum atomic E-state index is 12.0. The Labute approximate surface area is 88.9 Å². The fourth-order valence-electron chi connectivity index (χ4n) is 1.53. The van der Waals surface area contributed by atoms with Crippen molar-refractivity contribution in [2.24, 2.45) is 0 Å². The third-order valence-electron chi connectivity index (χ3n) is 2.44. The molecule has 1 aromatic rings. The Kier molecular flexibility index (Phi) is 2.32. The van der Waals surface area contributed by atoms with Crippen LogP contribution in [0.1, 0.15) is 0 Å². The lowest BCUT2D eigenvalue weighted by Crippen LogP contribution is -2.28. The van der Waals surface area contributed by atoms with Gasteiger partial charge in [-0.3, -0.25) is 0 Å². The van der Waals surface area contributed by atoms with Crippen molar-refractivity contribution in [2.45, 2.75) is 4.90 Å². The zero-order chi connectivity index (χ0) is 11.1. The number of likely N-dealkylation sites (N-methyl/N-ethyl adjacent to an activating group) is 1. The first kappa shape index (κ1) is 10.3. The lowest BCUT2D eigenvalue weighted by atomic mass is 10.3. The monoisotopic (exact) mass is 227 g/mol. The Hall–Kier alpha value is -1.27. The van der Waals surface area contributed by atoms with E-state index in [-0.39, 0.29) is 4.90 Å². The van der Waals surface area contributed by atoms with Gasteiger partial charge in [-0.15, -0.1) is 0 Å². The molecule has 0 aliphatic carbocycles. The van der Waals surface area contributed by atoms with E-state index in [1.165, 1.54) is 10.4 Å². The van der Waals surface area contributed by atoms with E-state index in [4.69, 9.17) is 5.73 Å². The summed E-state index contributed by atoms with van der Waals surface area (Å²) in [7, 11) is -1.82. The number of fused-ring (bicyclic) bond motifs is 1. The molecule has 3 N–H and O–H groups in total. The maximum absolute atomic E-state index is 12.0. The van der Waals surface area contributed by atoms with Crippen LogP contribution in [0.3, 0.4) is 0 Å². The van der Waals surface area contributed by atoms with Crippen LogP contribution in [-0.4, -0.2) is 32.9 Å². The fraction of sp³-hybridized carbons (Fsp3) is 0.333. The van der Waals surface area contributed by atoms with E-state index in [1.807, 2.05) is 0 Å². The Morgan fingerprint density at radius 1 is 1.47 bits per heavy atom. The van der Waals surface area contributed by atoms with Crippen molar-refractivity contribution < 1.29 is 8.42 Å². The standard InChI is InChI=1S/C9H13N3O2S/c1-12-5-4-11-8-3-2-7(10)6-9(8)15(12,13)14/h2-3,6,11H,4-5,10H2,1H3. The zero-order valence-electron chi connectivity index (χ0n) is 8.40. The molecule has 2 rings (SSSR count). The lowest BCUT2D eigenvalue weighted by molar-refractivity contribution is 0.485. The summed E-state index contributed by atoms with van der Waals surface area (Å²) >= 11 is 0. The Morgan fingerprint density at radius 2 is 2.20 bits per heavy atom. The number of nitrogens with zero attached hydrogens (tertiary/aromatic N) is 1.